The van der Waals surface area contributed by atoms with Crippen molar-refractivity contribution in [2.45, 2.75) is 98.0 Å². The Morgan fingerprint density at radius 2 is 1.67 bits per heavy atom. The Kier molecular flexibility index (Phi) is 12.2. The standard InChI is InChI=1S/C49H55N3O6/c1-7-42(35-11-9-8-10-12-35)52-29-38-28-45-44(57-30-46(58-45)36-17-19-39(20-18-36)56-24-22-49(4,5)6)27-37(38)26-43(52)47(53)51-41(48(54)55)25-33-13-15-34(16-14-33)40-21-23-50-32(3)31(40)2/h8-21,23,27-28,41-43,46H,7,22,24-26,29-30H2,1-6H3,(H,51,53)(H,54,55)/t41-,42-,43-,46+/m0/s1. The number of aryl methyl sites for hydroxylation is 1. The second kappa shape index (κ2) is 17.4. The van der Waals surface area contributed by atoms with Crippen LogP contribution in [0.4, 0.5) is 0 Å². The normalized spacial score (nSPS) is 17.5. The van der Waals surface area contributed by atoms with Crippen molar-refractivity contribution in [3.8, 4) is 28.4 Å². The lowest BCUT2D eigenvalue weighted by atomic mass is 9.89. The number of rotatable bonds is 13. The molecule has 0 bridgehead atoms. The number of benzene rings is 4. The van der Waals surface area contributed by atoms with Gasteiger partial charge in [-0.15, -0.1) is 0 Å². The molecule has 4 aromatic carbocycles. The van der Waals surface area contributed by atoms with Gasteiger partial charge in [0.1, 0.15) is 18.4 Å². The smallest absolute Gasteiger partial charge is 0.326 e. The number of pyridine rings is 1. The van der Waals surface area contributed by atoms with Crippen LogP contribution in [0.3, 0.4) is 0 Å². The zero-order chi connectivity index (χ0) is 41.0. The first-order chi connectivity index (χ1) is 27.9. The molecule has 9 nitrogen and oxygen atoms in total. The number of aliphatic carboxylic acids is 1. The molecule has 3 heterocycles. The van der Waals surface area contributed by atoms with Crippen molar-refractivity contribution < 1.29 is 28.9 Å². The van der Waals surface area contributed by atoms with E-state index in [0.717, 1.165) is 68.8 Å². The number of hydrogen-bond acceptors (Lipinski definition) is 7. The minimum Gasteiger partial charge on any atom is -0.494 e. The van der Waals surface area contributed by atoms with Crippen LogP contribution in [-0.2, 0) is 29.0 Å². The molecule has 1 aromatic heterocycles. The van der Waals surface area contributed by atoms with E-state index in [-0.39, 0.29) is 29.9 Å². The Hall–Kier alpha value is -5.67. The summed E-state index contributed by atoms with van der Waals surface area (Å²) >= 11 is 0. The van der Waals surface area contributed by atoms with Gasteiger partial charge in [0.15, 0.2) is 17.6 Å². The molecule has 2 aliphatic heterocycles. The molecular weight excluding hydrogens is 727 g/mol. The van der Waals surface area contributed by atoms with Gasteiger partial charge in [-0.25, -0.2) is 4.79 Å². The number of nitrogens with one attached hydrogen (secondary N) is 1. The number of carboxylic acids is 1. The number of carbonyl (C=O) groups is 2. The summed E-state index contributed by atoms with van der Waals surface area (Å²) in [5, 5.41) is 13.3. The van der Waals surface area contributed by atoms with Crippen LogP contribution >= 0.6 is 0 Å². The molecule has 1 amide bonds. The Bertz CT molecular complexity index is 2220. The summed E-state index contributed by atoms with van der Waals surface area (Å²) < 4.78 is 18.9. The van der Waals surface area contributed by atoms with Crippen molar-refractivity contribution in [2.24, 2.45) is 5.41 Å². The van der Waals surface area contributed by atoms with Gasteiger partial charge in [0, 0.05) is 30.9 Å². The maximum atomic E-state index is 14.4. The fourth-order valence-electron chi connectivity index (χ4n) is 7.97. The Morgan fingerprint density at radius 3 is 2.36 bits per heavy atom. The molecule has 0 radical (unpaired) electrons. The van der Waals surface area contributed by atoms with Crippen molar-refractivity contribution in [1.82, 2.24) is 15.2 Å². The van der Waals surface area contributed by atoms with Gasteiger partial charge in [0.25, 0.3) is 0 Å². The lowest BCUT2D eigenvalue weighted by Crippen LogP contribution is -2.55. The zero-order valence-electron chi connectivity index (χ0n) is 34.5. The highest BCUT2D eigenvalue weighted by atomic mass is 16.6. The van der Waals surface area contributed by atoms with Crippen molar-refractivity contribution in [3.05, 3.63) is 142 Å². The molecule has 0 unspecified atom stereocenters. The number of fused-ring (bicyclic) bond motifs is 2. The van der Waals surface area contributed by atoms with Crippen molar-refractivity contribution in [3.63, 3.8) is 0 Å². The van der Waals surface area contributed by atoms with Crippen molar-refractivity contribution in [2.75, 3.05) is 13.2 Å². The maximum Gasteiger partial charge on any atom is 0.326 e. The summed E-state index contributed by atoms with van der Waals surface area (Å²) in [6.45, 7) is 14.3. The number of hydrogen-bond donors (Lipinski definition) is 2. The molecule has 0 fully saturated rings. The number of aromatic nitrogens is 1. The SMILES string of the molecule is CC[C@@H](c1ccccc1)N1Cc2cc3c(cc2C[C@H]1C(=O)N[C@@H](Cc1ccc(-c2ccnc(C)c2C)cc1)C(=O)O)OC[C@H](c1ccc(OCCC(C)(C)C)cc1)O3. The number of ether oxygens (including phenoxy) is 3. The molecule has 58 heavy (non-hydrogen) atoms. The molecule has 302 valence electrons. The number of amides is 1. The number of carbonyl (C=O) groups excluding carboxylic acids is 1. The lowest BCUT2D eigenvalue weighted by Gasteiger charge is -2.42. The molecule has 7 rings (SSSR count). The average Bonchev–Trinajstić information content (AvgIpc) is 3.21. The van der Waals surface area contributed by atoms with Gasteiger partial charge in [-0.3, -0.25) is 14.7 Å². The third-order valence-electron chi connectivity index (χ3n) is 11.5. The van der Waals surface area contributed by atoms with E-state index in [0.29, 0.717) is 37.7 Å². The van der Waals surface area contributed by atoms with Crippen molar-refractivity contribution >= 4 is 11.9 Å². The summed E-state index contributed by atoms with van der Waals surface area (Å²) in [6.07, 6.45) is 3.79. The van der Waals surface area contributed by atoms with Crippen LogP contribution in [0.5, 0.6) is 17.2 Å². The van der Waals surface area contributed by atoms with Crippen LogP contribution < -0.4 is 19.5 Å². The van der Waals surface area contributed by atoms with Crippen LogP contribution in [0.2, 0.25) is 0 Å². The summed E-state index contributed by atoms with van der Waals surface area (Å²) in [5.74, 6) is 0.754. The molecule has 0 spiro atoms. The third-order valence-corrected chi connectivity index (χ3v) is 11.5. The Morgan fingerprint density at radius 1 is 0.948 bits per heavy atom. The van der Waals surface area contributed by atoms with Crippen LogP contribution in [0, 0.1) is 19.3 Å². The van der Waals surface area contributed by atoms with E-state index >= 15 is 0 Å². The van der Waals surface area contributed by atoms with E-state index in [4.69, 9.17) is 14.2 Å². The van der Waals surface area contributed by atoms with Gasteiger partial charge in [0.05, 0.1) is 12.6 Å². The molecular formula is C49H55N3O6. The molecule has 2 aliphatic rings. The van der Waals surface area contributed by atoms with E-state index < -0.39 is 18.1 Å². The fourth-order valence-corrected chi connectivity index (χ4v) is 7.97. The Labute approximate surface area is 342 Å². The third kappa shape index (κ3) is 9.37. The van der Waals surface area contributed by atoms with E-state index in [1.165, 1.54) is 0 Å². The van der Waals surface area contributed by atoms with Crippen LogP contribution in [-0.4, -0.2) is 52.2 Å². The molecule has 0 saturated carbocycles. The van der Waals surface area contributed by atoms with Gasteiger partial charge in [0.2, 0.25) is 5.91 Å². The fraction of sp³-hybridized carbons (Fsp3) is 0.367. The number of nitrogens with zero attached hydrogens (tertiary/aromatic N) is 2. The highest BCUT2D eigenvalue weighted by Crippen LogP contribution is 2.42. The molecule has 5 aromatic rings. The summed E-state index contributed by atoms with van der Waals surface area (Å²) in [5.41, 5.74) is 9.37. The first-order valence-electron chi connectivity index (χ1n) is 20.4. The first-order valence-corrected chi connectivity index (χ1v) is 20.4. The van der Waals surface area contributed by atoms with E-state index in [1.54, 1.807) is 6.20 Å². The van der Waals surface area contributed by atoms with E-state index in [2.05, 4.69) is 61.1 Å². The Balaban J connectivity index is 1.10. The van der Waals surface area contributed by atoms with Crippen LogP contribution in [0.1, 0.15) is 91.8 Å². The van der Waals surface area contributed by atoms with Gasteiger partial charge >= 0.3 is 5.97 Å². The largest absolute Gasteiger partial charge is 0.494 e. The molecule has 9 heteroatoms. The predicted octanol–water partition coefficient (Wildman–Crippen LogP) is 9.38. The van der Waals surface area contributed by atoms with E-state index in [1.807, 2.05) is 92.7 Å². The monoisotopic (exact) mass is 781 g/mol. The summed E-state index contributed by atoms with van der Waals surface area (Å²) in [4.78, 5) is 33.7. The molecule has 0 aliphatic carbocycles. The van der Waals surface area contributed by atoms with Gasteiger partial charge in [-0.2, -0.15) is 0 Å². The van der Waals surface area contributed by atoms with Gasteiger partial charge in [-0.1, -0.05) is 94.4 Å². The second-order valence-corrected chi connectivity index (χ2v) is 16.8. The lowest BCUT2D eigenvalue weighted by molar-refractivity contribution is -0.143. The maximum absolute atomic E-state index is 14.4. The van der Waals surface area contributed by atoms with Crippen LogP contribution in [0.15, 0.2) is 103 Å². The molecule has 0 saturated heterocycles. The predicted molar refractivity (Wildman–Crippen MR) is 226 cm³/mol. The van der Waals surface area contributed by atoms with Crippen molar-refractivity contribution in [1.29, 1.82) is 0 Å². The second-order valence-electron chi connectivity index (χ2n) is 16.8. The minimum absolute atomic E-state index is 0.0775. The zero-order valence-corrected chi connectivity index (χ0v) is 34.5. The quantitative estimate of drug-likeness (QED) is 0.122. The summed E-state index contributed by atoms with van der Waals surface area (Å²) in [7, 11) is 0. The molecule has 2 N–H and O–H groups in total. The van der Waals surface area contributed by atoms with Gasteiger partial charge in [-0.05, 0) is 113 Å². The first kappa shape index (κ1) is 40.5. The minimum atomic E-state index is -1.11. The van der Waals surface area contributed by atoms with E-state index in [9.17, 15) is 14.7 Å². The molecule has 4 atom stereocenters. The number of carboxylic acid groups (broad SMARTS) is 1. The summed E-state index contributed by atoms with van der Waals surface area (Å²) in [6, 6.07) is 30.3. The highest BCUT2D eigenvalue weighted by molar-refractivity contribution is 5.87. The highest BCUT2D eigenvalue weighted by Gasteiger charge is 2.39. The average molecular weight is 782 g/mol. The van der Waals surface area contributed by atoms with Crippen LogP contribution in [0.25, 0.3) is 11.1 Å². The topological polar surface area (TPSA) is 110 Å². The van der Waals surface area contributed by atoms with Gasteiger partial charge < -0.3 is 24.6 Å².